The third-order valence-electron chi connectivity index (χ3n) is 2.14. The van der Waals surface area contributed by atoms with Crippen molar-refractivity contribution in [3.63, 3.8) is 0 Å². The van der Waals surface area contributed by atoms with Gasteiger partial charge in [-0.25, -0.2) is 0 Å². The fourth-order valence-corrected chi connectivity index (χ4v) is 1.12. The number of hydrogen-bond donors (Lipinski definition) is 3. The molecular formula is C10H23NO2. The van der Waals surface area contributed by atoms with Crippen molar-refractivity contribution in [1.82, 2.24) is 5.32 Å². The van der Waals surface area contributed by atoms with E-state index in [9.17, 15) is 10.2 Å². The average molecular weight is 189 g/mol. The van der Waals surface area contributed by atoms with Crippen molar-refractivity contribution >= 4 is 0 Å². The lowest BCUT2D eigenvalue weighted by atomic mass is 10.1. The van der Waals surface area contributed by atoms with Gasteiger partial charge in [0, 0.05) is 12.6 Å². The summed E-state index contributed by atoms with van der Waals surface area (Å²) in [7, 11) is 0. The molecule has 0 saturated heterocycles. The minimum Gasteiger partial charge on any atom is -0.392 e. The Kier molecular flexibility index (Phi) is 6.29. The van der Waals surface area contributed by atoms with Crippen LogP contribution in [0.4, 0.5) is 0 Å². The van der Waals surface area contributed by atoms with Crippen LogP contribution in [-0.4, -0.2) is 35.0 Å². The summed E-state index contributed by atoms with van der Waals surface area (Å²) in [6.45, 7) is 8.38. The van der Waals surface area contributed by atoms with Crippen molar-refractivity contribution in [3.05, 3.63) is 0 Å². The third-order valence-corrected chi connectivity index (χ3v) is 2.14. The summed E-state index contributed by atoms with van der Waals surface area (Å²) < 4.78 is 0. The molecule has 3 nitrogen and oxygen atoms in total. The van der Waals surface area contributed by atoms with Crippen LogP contribution in [0.25, 0.3) is 0 Å². The highest BCUT2D eigenvalue weighted by Gasteiger charge is 2.11. The van der Waals surface area contributed by atoms with E-state index >= 15 is 0 Å². The van der Waals surface area contributed by atoms with E-state index in [1.165, 1.54) is 0 Å². The molecule has 0 radical (unpaired) electrons. The van der Waals surface area contributed by atoms with Gasteiger partial charge in [0.15, 0.2) is 0 Å². The monoisotopic (exact) mass is 189 g/mol. The van der Waals surface area contributed by atoms with E-state index in [1.54, 1.807) is 6.92 Å². The second-order valence-corrected chi connectivity index (χ2v) is 4.22. The Morgan fingerprint density at radius 2 is 1.62 bits per heavy atom. The van der Waals surface area contributed by atoms with E-state index in [-0.39, 0.29) is 18.2 Å². The zero-order valence-electron chi connectivity index (χ0n) is 9.12. The van der Waals surface area contributed by atoms with E-state index in [4.69, 9.17) is 0 Å². The number of rotatable bonds is 6. The first kappa shape index (κ1) is 12.9. The Bertz CT molecular complexity index is 126. The molecule has 0 aromatic carbocycles. The lowest BCUT2D eigenvalue weighted by molar-refractivity contribution is 0.116. The van der Waals surface area contributed by atoms with E-state index in [0.29, 0.717) is 12.5 Å². The van der Waals surface area contributed by atoms with Gasteiger partial charge >= 0.3 is 0 Å². The highest BCUT2D eigenvalue weighted by atomic mass is 16.3. The fraction of sp³-hybridized carbons (Fsp3) is 1.00. The number of aliphatic hydroxyl groups excluding tert-OH is 2. The Morgan fingerprint density at radius 3 is 2.00 bits per heavy atom. The standard InChI is InChI=1S/C10H23NO2/c1-7(2)5-10(13)6-11-8(3)9(4)12/h7-13H,5-6H2,1-4H3. The van der Waals surface area contributed by atoms with Gasteiger partial charge in [0.25, 0.3) is 0 Å². The molecule has 0 aliphatic heterocycles. The summed E-state index contributed by atoms with van der Waals surface area (Å²) >= 11 is 0. The number of nitrogens with one attached hydrogen (secondary N) is 1. The zero-order valence-corrected chi connectivity index (χ0v) is 9.12. The molecule has 0 heterocycles. The zero-order chi connectivity index (χ0) is 10.4. The Hall–Kier alpha value is -0.120. The molecule has 0 rings (SSSR count). The summed E-state index contributed by atoms with van der Waals surface area (Å²) in [5.41, 5.74) is 0. The summed E-state index contributed by atoms with van der Waals surface area (Å²) in [5.74, 6) is 0.513. The maximum absolute atomic E-state index is 9.51. The normalized spacial score (nSPS) is 18.7. The number of hydrogen-bond acceptors (Lipinski definition) is 3. The lowest BCUT2D eigenvalue weighted by Crippen LogP contribution is -2.40. The van der Waals surface area contributed by atoms with E-state index in [1.807, 2.05) is 6.92 Å². The molecule has 0 aliphatic carbocycles. The molecule has 0 fully saturated rings. The van der Waals surface area contributed by atoms with Gasteiger partial charge < -0.3 is 15.5 Å². The van der Waals surface area contributed by atoms with Crippen molar-refractivity contribution in [1.29, 1.82) is 0 Å². The largest absolute Gasteiger partial charge is 0.392 e. The van der Waals surface area contributed by atoms with Gasteiger partial charge in [0.2, 0.25) is 0 Å². The summed E-state index contributed by atoms with van der Waals surface area (Å²) in [5, 5.41) is 21.8. The summed E-state index contributed by atoms with van der Waals surface area (Å²) in [6, 6.07) is 0.0433. The van der Waals surface area contributed by atoms with Gasteiger partial charge in [-0.2, -0.15) is 0 Å². The summed E-state index contributed by atoms with van der Waals surface area (Å²) in [4.78, 5) is 0. The van der Waals surface area contributed by atoms with Crippen LogP contribution in [0.5, 0.6) is 0 Å². The third kappa shape index (κ3) is 6.99. The van der Waals surface area contributed by atoms with Gasteiger partial charge in [-0.3, -0.25) is 0 Å². The fourth-order valence-electron chi connectivity index (χ4n) is 1.12. The maximum atomic E-state index is 9.51. The molecule has 13 heavy (non-hydrogen) atoms. The first-order valence-corrected chi connectivity index (χ1v) is 5.03. The molecule has 0 aliphatic rings. The maximum Gasteiger partial charge on any atom is 0.0667 e. The van der Waals surface area contributed by atoms with Gasteiger partial charge in [0.05, 0.1) is 12.2 Å². The van der Waals surface area contributed by atoms with E-state index in [2.05, 4.69) is 19.2 Å². The highest BCUT2D eigenvalue weighted by Crippen LogP contribution is 2.03. The van der Waals surface area contributed by atoms with Crippen molar-refractivity contribution in [2.24, 2.45) is 5.92 Å². The quantitative estimate of drug-likeness (QED) is 0.578. The van der Waals surface area contributed by atoms with Crippen molar-refractivity contribution in [2.45, 2.75) is 52.4 Å². The average Bonchev–Trinajstić information content (AvgIpc) is 1.98. The molecule has 0 saturated carbocycles. The molecule has 3 N–H and O–H groups in total. The first-order chi connectivity index (χ1) is 5.93. The van der Waals surface area contributed by atoms with Crippen molar-refractivity contribution in [3.8, 4) is 0 Å². The molecule has 3 heteroatoms. The molecule has 0 amide bonds. The smallest absolute Gasteiger partial charge is 0.0667 e. The molecule has 0 spiro atoms. The Morgan fingerprint density at radius 1 is 1.08 bits per heavy atom. The molecule has 3 atom stereocenters. The van der Waals surface area contributed by atoms with Gasteiger partial charge in [-0.05, 0) is 26.2 Å². The van der Waals surface area contributed by atoms with Crippen LogP contribution >= 0.6 is 0 Å². The highest BCUT2D eigenvalue weighted by molar-refractivity contribution is 4.69. The molecule has 0 bridgehead atoms. The predicted octanol–water partition coefficient (Wildman–Crippen LogP) is 0.752. The molecule has 3 unspecified atom stereocenters. The second kappa shape index (κ2) is 6.35. The van der Waals surface area contributed by atoms with Gasteiger partial charge in [-0.1, -0.05) is 13.8 Å². The topological polar surface area (TPSA) is 52.5 Å². The van der Waals surface area contributed by atoms with Gasteiger partial charge in [0.1, 0.15) is 0 Å². The minimum atomic E-state index is -0.369. The van der Waals surface area contributed by atoms with Crippen LogP contribution in [-0.2, 0) is 0 Å². The second-order valence-electron chi connectivity index (χ2n) is 4.22. The van der Waals surface area contributed by atoms with Crippen LogP contribution < -0.4 is 5.32 Å². The molecule has 80 valence electrons. The van der Waals surface area contributed by atoms with Crippen LogP contribution in [0.15, 0.2) is 0 Å². The first-order valence-electron chi connectivity index (χ1n) is 5.03. The van der Waals surface area contributed by atoms with Crippen molar-refractivity contribution < 1.29 is 10.2 Å². The van der Waals surface area contributed by atoms with Crippen molar-refractivity contribution in [2.75, 3.05) is 6.54 Å². The number of aliphatic hydroxyl groups is 2. The van der Waals surface area contributed by atoms with Crippen LogP contribution in [0.3, 0.4) is 0 Å². The van der Waals surface area contributed by atoms with Crippen LogP contribution in [0, 0.1) is 5.92 Å². The Balaban J connectivity index is 3.51. The van der Waals surface area contributed by atoms with E-state index in [0.717, 1.165) is 6.42 Å². The summed E-state index contributed by atoms with van der Waals surface area (Å²) in [6.07, 6.45) is 0.131. The van der Waals surface area contributed by atoms with Gasteiger partial charge in [-0.15, -0.1) is 0 Å². The Labute approximate surface area is 81.2 Å². The van der Waals surface area contributed by atoms with E-state index < -0.39 is 0 Å². The minimum absolute atomic E-state index is 0.0433. The predicted molar refractivity (Wildman–Crippen MR) is 54.6 cm³/mol. The molecular weight excluding hydrogens is 166 g/mol. The molecule has 0 aromatic rings. The van der Waals surface area contributed by atoms with Crippen LogP contribution in [0.1, 0.15) is 34.1 Å². The van der Waals surface area contributed by atoms with Crippen LogP contribution in [0.2, 0.25) is 0 Å². The lowest BCUT2D eigenvalue weighted by Gasteiger charge is -2.20. The molecule has 0 aromatic heterocycles. The SMILES string of the molecule is CC(C)CC(O)CNC(C)C(C)O.